The molecule has 0 spiro atoms. The highest BCUT2D eigenvalue weighted by molar-refractivity contribution is 6.02. The summed E-state index contributed by atoms with van der Waals surface area (Å²) in [5.74, 6) is -1.33. The fourth-order valence-electron chi connectivity index (χ4n) is 1.68. The van der Waals surface area contributed by atoms with E-state index < -0.39 is 17.6 Å². The van der Waals surface area contributed by atoms with Crippen LogP contribution in [-0.4, -0.2) is 11.8 Å². The third-order valence-corrected chi connectivity index (χ3v) is 2.76. The molecule has 2 aromatic carbocycles. The zero-order valence-corrected chi connectivity index (χ0v) is 11.0. The van der Waals surface area contributed by atoms with Crippen LogP contribution in [0.15, 0.2) is 54.6 Å². The Balaban J connectivity index is 2.02. The summed E-state index contributed by atoms with van der Waals surface area (Å²) in [7, 11) is 0. The smallest absolute Gasteiger partial charge is 0.248 e. The van der Waals surface area contributed by atoms with Crippen LogP contribution in [0.3, 0.4) is 0 Å². The Hall–Kier alpha value is -2.95. The maximum atomic E-state index is 13.4. The molecule has 5 heteroatoms. The second-order valence-electron chi connectivity index (χ2n) is 4.29. The van der Waals surface area contributed by atoms with Gasteiger partial charge in [0.1, 0.15) is 5.82 Å². The average Bonchev–Trinajstić information content (AvgIpc) is 2.47. The Morgan fingerprint density at radius 3 is 2.33 bits per heavy atom. The van der Waals surface area contributed by atoms with E-state index in [1.54, 1.807) is 30.3 Å². The lowest BCUT2D eigenvalue weighted by molar-refractivity contribution is -0.111. The van der Waals surface area contributed by atoms with E-state index in [2.05, 4.69) is 5.32 Å². The SMILES string of the molecule is NC(=O)c1ccc(NC(=O)C=Cc2ccccc2F)cc1. The van der Waals surface area contributed by atoms with Crippen molar-refractivity contribution in [2.45, 2.75) is 0 Å². The summed E-state index contributed by atoms with van der Waals surface area (Å²) in [5, 5.41) is 2.60. The van der Waals surface area contributed by atoms with Crippen LogP contribution in [0.2, 0.25) is 0 Å². The molecule has 2 aromatic rings. The van der Waals surface area contributed by atoms with E-state index in [1.807, 2.05) is 0 Å². The molecular formula is C16H13FN2O2. The molecule has 0 atom stereocenters. The highest BCUT2D eigenvalue weighted by Crippen LogP contribution is 2.11. The third-order valence-electron chi connectivity index (χ3n) is 2.76. The molecule has 0 unspecified atom stereocenters. The zero-order chi connectivity index (χ0) is 15.2. The summed E-state index contributed by atoms with van der Waals surface area (Å²) in [5.41, 5.74) is 6.32. The minimum absolute atomic E-state index is 0.330. The van der Waals surface area contributed by atoms with Crippen molar-refractivity contribution >= 4 is 23.6 Å². The molecule has 0 saturated carbocycles. The topological polar surface area (TPSA) is 72.2 Å². The standard InChI is InChI=1S/C16H13FN2O2/c17-14-4-2-1-3-11(14)7-10-15(20)19-13-8-5-12(6-9-13)16(18)21/h1-10H,(H2,18,21)(H,19,20). The van der Waals surface area contributed by atoms with Crippen molar-refractivity contribution in [2.75, 3.05) is 5.32 Å². The number of carbonyl (C=O) groups excluding carboxylic acids is 2. The van der Waals surface area contributed by atoms with Gasteiger partial charge in [0, 0.05) is 22.9 Å². The van der Waals surface area contributed by atoms with Crippen molar-refractivity contribution in [3.05, 3.63) is 71.6 Å². The second-order valence-corrected chi connectivity index (χ2v) is 4.29. The van der Waals surface area contributed by atoms with Crippen molar-refractivity contribution in [3.8, 4) is 0 Å². The molecule has 0 radical (unpaired) electrons. The summed E-state index contributed by atoms with van der Waals surface area (Å²) in [6.45, 7) is 0. The van der Waals surface area contributed by atoms with Crippen LogP contribution in [0, 0.1) is 5.82 Å². The lowest BCUT2D eigenvalue weighted by Crippen LogP contribution is -2.11. The summed E-state index contributed by atoms with van der Waals surface area (Å²) >= 11 is 0. The Morgan fingerprint density at radius 1 is 1.05 bits per heavy atom. The first kappa shape index (κ1) is 14.5. The van der Waals surface area contributed by atoms with Gasteiger partial charge in [-0.1, -0.05) is 18.2 Å². The van der Waals surface area contributed by atoms with Gasteiger partial charge in [0.25, 0.3) is 0 Å². The highest BCUT2D eigenvalue weighted by atomic mass is 19.1. The normalized spacial score (nSPS) is 10.5. The highest BCUT2D eigenvalue weighted by Gasteiger charge is 2.02. The number of halogens is 1. The van der Waals surface area contributed by atoms with Gasteiger partial charge in [-0.25, -0.2) is 4.39 Å². The van der Waals surface area contributed by atoms with E-state index >= 15 is 0 Å². The number of hydrogen-bond acceptors (Lipinski definition) is 2. The number of anilines is 1. The molecule has 0 aliphatic rings. The van der Waals surface area contributed by atoms with E-state index in [1.165, 1.54) is 30.4 Å². The van der Waals surface area contributed by atoms with Crippen LogP contribution in [0.1, 0.15) is 15.9 Å². The molecule has 0 fully saturated rings. The van der Waals surface area contributed by atoms with Gasteiger partial charge in [0.15, 0.2) is 0 Å². The van der Waals surface area contributed by atoms with Gasteiger partial charge in [0.05, 0.1) is 0 Å². The number of nitrogens with one attached hydrogen (secondary N) is 1. The largest absolute Gasteiger partial charge is 0.366 e. The average molecular weight is 284 g/mol. The molecular weight excluding hydrogens is 271 g/mol. The second kappa shape index (κ2) is 6.47. The van der Waals surface area contributed by atoms with E-state index in [9.17, 15) is 14.0 Å². The molecule has 2 rings (SSSR count). The zero-order valence-electron chi connectivity index (χ0n) is 11.0. The Labute approximate surface area is 121 Å². The lowest BCUT2D eigenvalue weighted by Gasteiger charge is -2.03. The first-order valence-corrected chi connectivity index (χ1v) is 6.20. The van der Waals surface area contributed by atoms with Crippen molar-refractivity contribution in [1.82, 2.24) is 0 Å². The third kappa shape index (κ3) is 4.01. The lowest BCUT2D eigenvalue weighted by atomic mass is 10.2. The van der Waals surface area contributed by atoms with Crippen LogP contribution in [0.4, 0.5) is 10.1 Å². The quantitative estimate of drug-likeness (QED) is 0.847. The molecule has 2 amide bonds. The number of amides is 2. The predicted octanol–water partition coefficient (Wildman–Crippen LogP) is 2.58. The molecule has 0 heterocycles. The van der Waals surface area contributed by atoms with Gasteiger partial charge in [-0.15, -0.1) is 0 Å². The Kier molecular flexibility index (Phi) is 4.46. The van der Waals surface area contributed by atoms with Gasteiger partial charge in [0.2, 0.25) is 11.8 Å². The van der Waals surface area contributed by atoms with Gasteiger partial charge in [-0.2, -0.15) is 0 Å². The summed E-state index contributed by atoms with van der Waals surface area (Å²) in [6.07, 6.45) is 2.63. The molecule has 0 aliphatic heterocycles. The number of carbonyl (C=O) groups is 2. The number of primary amides is 1. The van der Waals surface area contributed by atoms with Gasteiger partial charge < -0.3 is 11.1 Å². The molecule has 0 saturated heterocycles. The van der Waals surface area contributed by atoms with Crippen molar-refractivity contribution in [1.29, 1.82) is 0 Å². The fraction of sp³-hybridized carbons (Fsp3) is 0. The van der Waals surface area contributed by atoms with E-state index in [0.717, 1.165) is 0 Å². The molecule has 0 aliphatic carbocycles. The predicted molar refractivity (Wildman–Crippen MR) is 79.0 cm³/mol. The maximum Gasteiger partial charge on any atom is 0.248 e. The minimum atomic E-state index is -0.535. The first-order valence-electron chi connectivity index (χ1n) is 6.20. The van der Waals surface area contributed by atoms with Crippen LogP contribution < -0.4 is 11.1 Å². The van der Waals surface area contributed by atoms with Crippen LogP contribution >= 0.6 is 0 Å². The van der Waals surface area contributed by atoms with Crippen LogP contribution in [0.25, 0.3) is 6.08 Å². The number of hydrogen-bond donors (Lipinski definition) is 2. The van der Waals surface area contributed by atoms with E-state index in [4.69, 9.17) is 5.73 Å². The van der Waals surface area contributed by atoms with Gasteiger partial charge in [-0.05, 0) is 36.4 Å². The summed E-state index contributed by atoms with van der Waals surface area (Å²) < 4.78 is 13.4. The summed E-state index contributed by atoms with van der Waals surface area (Å²) in [6, 6.07) is 12.3. The first-order chi connectivity index (χ1) is 10.1. The molecule has 21 heavy (non-hydrogen) atoms. The number of rotatable bonds is 4. The fourth-order valence-corrected chi connectivity index (χ4v) is 1.68. The molecule has 0 aromatic heterocycles. The monoisotopic (exact) mass is 284 g/mol. The van der Waals surface area contributed by atoms with Crippen molar-refractivity contribution < 1.29 is 14.0 Å². The molecule has 106 valence electrons. The molecule has 3 N–H and O–H groups in total. The van der Waals surface area contributed by atoms with Crippen molar-refractivity contribution in [2.24, 2.45) is 5.73 Å². The Morgan fingerprint density at radius 2 is 1.71 bits per heavy atom. The maximum absolute atomic E-state index is 13.4. The van der Waals surface area contributed by atoms with E-state index in [-0.39, 0.29) is 0 Å². The number of nitrogens with two attached hydrogens (primary N) is 1. The summed E-state index contributed by atoms with van der Waals surface area (Å²) in [4.78, 5) is 22.6. The van der Waals surface area contributed by atoms with E-state index in [0.29, 0.717) is 16.8 Å². The van der Waals surface area contributed by atoms with Gasteiger partial charge in [-0.3, -0.25) is 9.59 Å². The van der Waals surface area contributed by atoms with Gasteiger partial charge >= 0.3 is 0 Å². The number of benzene rings is 2. The van der Waals surface area contributed by atoms with Crippen LogP contribution in [-0.2, 0) is 4.79 Å². The minimum Gasteiger partial charge on any atom is -0.366 e. The molecule has 0 bridgehead atoms. The van der Waals surface area contributed by atoms with Crippen molar-refractivity contribution in [3.63, 3.8) is 0 Å². The Bertz CT molecular complexity index is 694. The van der Waals surface area contributed by atoms with Crippen LogP contribution in [0.5, 0.6) is 0 Å². The molecule has 4 nitrogen and oxygen atoms in total.